The van der Waals surface area contributed by atoms with Crippen molar-refractivity contribution in [3.8, 4) is 5.69 Å². The van der Waals surface area contributed by atoms with Gasteiger partial charge in [-0.2, -0.15) is 9.78 Å². The molecule has 0 spiro atoms. The smallest absolute Gasteiger partial charge is 0.271 e. The van der Waals surface area contributed by atoms with E-state index in [4.69, 9.17) is 11.6 Å². The van der Waals surface area contributed by atoms with Crippen LogP contribution in [0.15, 0.2) is 99.6 Å². The van der Waals surface area contributed by atoms with Gasteiger partial charge >= 0.3 is 0 Å². The van der Waals surface area contributed by atoms with Crippen molar-refractivity contribution in [2.75, 3.05) is 0 Å². The highest BCUT2D eigenvalue weighted by Gasteiger charge is 2.09. The molecule has 5 nitrogen and oxygen atoms in total. The molecule has 0 aliphatic rings. The molecular weight excluding hydrogens is 449 g/mol. The number of nitrogens with one attached hydrogen (secondary N) is 1. The van der Waals surface area contributed by atoms with Gasteiger partial charge in [0.15, 0.2) is 0 Å². The minimum atomic E-state index is -0.316. The van der Waals surface area contributed by atoms with Crippen molar-refractivity contribution < 1.29 is 9.18 Å². The Morgan fingerprint density at radius 1 is 1.00 bits per heavy atom. The molecular formula is C24H17ClFN3O2S. The summed E-state index contributed by atoms with van der Waals surface area (Å²) in [6.45, 7) is 0.352. The van der Waals surface area contributed by atoms with Crippen LogP contribution in [0.1, 0.15) is 15.9 Å². The molecule has 0 radical (unpaired) electrons. The van der Waals surface area contributed by atoms with Gasteiger partial charge in [0.05, 0.1) is 5.69 Å². The van der Waals surface area contributed by atoms with Crippen molar-refractivity contribution in [2.24, 2.45) is 0 Å². The lowest BCUT2D eigenvalue weighted by atomic mass is 10.1. The van der Waals surface area contributed by atoms with Crippen molar-refractivity contribution in [1.29, 1.82) is 0 Å². The second kappa shape index (κ2) is 9.80. The lowest BCUT2D eigenvalue weighted by Gasteiger charge is -2.09. The SMILES string of the molecule is O=C(NCc1cccc(Cl)c1)c1ccc(-n2nc(Sc3ccc(F)cc3)ccc2=O)cc1. The van der Waals surface area contributed by atoms with Gasteiger partial charge in [-0.25, -0.2) is 4.39 Å². The Balaban J connectivity index is 1.47. The highest BCUT2D eigenvalue weighted by Crippen LogP contribution is 2.25. The standard InChI is InChI=1S/C24H17ClFN3O2S/c25-18-3-1-2-16(14-18)15-27-24(31)17-4-8-20(9-5-17)29-23(30)13-12-22(28-29)32-21-10-6-19(26)7-11-21/h1-14H,15H2,(H,27,31). The summed E-state index contributed by atoms with van der Waals surface area (Å²) in [5.74, 6) is -0.554. The molecule has 1 heterocycles. The summed E-state index contributed by atoms with van der Waals surface area (Å²) in [7, 11) is 0. The van der Waals surface area contributed by atoms with Gasteiger partial charge < -0.3 is 5.32 Å². The lowest BCUT2D eigenvalue weighted by molar-refractivity contribution is 0.0951. The van der Waals surface area contributed by atoms with Crippen molar-refractivity contribution in [3.63, 3.8) is 0 Å². The average Bonchev–Trinajstić information content (AvgIpc) is 2.80. The van der Waals surface area contributed by atoms with Gasteiger partial charge in [-0.3, -0.25) is 9.59 Å². The van der Waals surface area contributed by atoms with E-state index in [9.17, 15) is 14.0 Å². The number of rotatable bonds is 6. The van der Waals surface area contributed by atoms with E-state index < -0.39 is 0 Å². The van der Waals surface area contributed by atoms with Gasteiger partial charge in [0, 0.05) is 28.1 Å². The van der Waals surface area contributed by atoms with E-state index in [1.807, 2.05) is 12.1 Å². The summed E-state index contributed by atoms with van der Waals surface area (Å²) < 4.78 is 14.4. The molecule has 160 valence electrons. The average molecular weight is 466 g/mol. The predicted octanol–water partition coefficient (Wildman–Crippen LogP) is 5.11. The zero-order chi connectivity index (χ0) is 22.5. The Bertz CT molecular complexity index is 1310. The summed E-state index contributed by atoms with van der Waals surface area (Å²) in [4.78, 5) is 25.6. The van der Waals surface area contributed by atoms with E-state index >= 15 is 0 Å². The molecule has 0 saturated carbocycles. The van der Waals surface area contributed by atoms with Crippen LogP contribution in [0.3, 0.4) is 0 Å². The van der Waals surface area contributed by atoms with Crippen molar-refractivity contribution in [2.45, 2.75) is 16.5 Å². The molecule has 1 aromatic heterocycles. The highest BCUT2D eigenvalue weighted by atomic mass is 35.5. The molecule has 0 bridgehead atoms. The second-order valence-electron chi connectivity index (χ2n) is 6.84. The molecule has 1 amide bonds. The number of benzene rings is 3. The van der Waals surface area contributed by atoms with E-state index in [2.05, 4.69) is 10.4 Å². The minimum absolute atomic E-state index is 0.238. The third-order valence-electron chi connectivity index (χ3n) is 4.53. The summed E-state index contributed by atoms with van der Waals surface area (Å²) >= 11 is 7.28. The van der Waals surface area contributed by atoms with E-state index in [1.165, 1.54) is 34.6 Å². The second-order valence-corrected chi connectivity index (χ2v) is 8.37. The summed E-state index contributed by atoms with van der Waals surface area (Å²) in [6, 6.07) is 22.9. The molecule has 3 aromatic carbocycles. The van der Waals surface area contributed by atoms with Crippen LogP contribution in [-0.2, 0) is 6.54 Å². The molecule has 1 N–H and O–H groups in total. The maximum absolute atomic E-state index is 13.1. The molecule has 8 heteroatoms. The summed E-state index contributed by atoms with van der Waals surface area (Å²) in [5.41, 5.74) is 1.59. The van der Waals surface area contributed by atoms with E-state index in [0.717, 1.165) is 10.5 Å². The first-order valence-corrected chi connectivity index (χ1v) is 10.8. The third-order valence-corrected chi connectivity index (χ3v) is 5.70. The van der Waals surface area contributed by atoms with E-state index in [-0.39, 0.29) is 17.3 Å². The number of aromatic nitrogens is 2. The number of amides is 1. The highest BCUT2D eigenvalue weighted by molar-refractivity contribution is 7.99. The fourth-order valence-electron chi connectivity index (χ4n) is 2.94. The van der Waals surface area contributed by atoms with Crippen LogP contribution in [0.4, 0.5) is 4.39 Å². The molecule has 32 heavy (non-hydrogen) atoms. The molecule has 0 atom stereocenters. The van der Waals surface area contributed by atoms with Crippen LogP contribution in [0.5, 0.6) is 0 Å². The van der Waals surface area contributed by atoms with E-state index in [0.29, 0.717) is 27.8 Å². The van der Waals surface area contributed by atoms with Crippen molar-refractivity contribution in [3.05, 3.63) is 117 Å². The van der Waals surface area contributed by atoms with Gasteiger partial charge in [0.2, 0.25) is 0 Å². The zero-order valence-electron chi connectivity index (χ0n) is 16.7. The topological polar surface area (TPSA) is 64.0 Å². The monoisotopic (exact) mass is 465 g/mol. The van der Waals surface area contributed by atoms with Crippen LogP contribution in [-0.4, -0.2) is 15.7 Å². The fourth-order valence-corrected chi connectivity index (χ4v) is 3.93. The normalized spacial score (nSPS) is 10.7. The maximum atomic E-state index is 13.1. The minimum Gasteiger partial charge on any atom is -0.348 e. The van der Waals surface area contributed by atoms with E-state index in [1.54, 1.807) is 54.6 Å². The maximum Gasteiger partial charge on any atom is 0.271 e. The Morgan fingerprint density at radius 2 is 1.75 bits per heavy atom. The quantitative estimate of drug-likeness (QED) is 0.430. The van der Waals surface area contributed by atoms with Gasteiger partial charge in [-0.1, -0.05) is 35.5 Å². The lowest BCUT2D eigenvalue weighted by Crippen LogP contribution is -2.23. The Labute approximate surface area is 192 Å². The molecule has 4 aromatic rings. The number of hydrogen-bond acceptors (Lipinski definition) is 4. The van der Waals surface area contributed by atoms with Gasteiger partial charge in [0.25, 0.3) is 11.5 Å². The predicted molar refractivity (Wildman–Crippen MR) is 123 cm³/mol. The van der Waals surface area contributed by atoms with Gasteiger partial charge in [0.1, 0.15) is 10.8 Å². The van der Waals surface area contributed by atoms with Crippen LogP contribution in [0.25, 0.3) is 5.69 Å². The first kappa shape index (κ1) is 21.8. The van der Waals surface area contributed by atoms with Crippen LogP contribution in [0, 0.1) is 5.82 Å². The van der Waals surface area contributed by atoms with Crippen LogP contribution in [0.2, 0.25) is 5.02 Å². The first-order valence-electron chi connectivity index (χ1n) is 9.65. The number of nitrogens with zero attached hydrogens (tertiary/aromatic N) is 2. The number of carbonyl (C=O) groups is 1. The number of carbonyl (C=O) groups excluding carboxylic acids is 1. The molecule has 0 aliphatic heterocycles. The van der Waals surface area contributed by atoms with Crippen LogP contribution >= 0.6 is 23.4 Å². The fraction of sp³-hybridized carbons (Fsp3) is 0.0417. The number of halogens is 2. The molecule has 0 unspecified atom stereocenters. The van der Waals surface area contributed by atoms with Crippen LogP contribution < -0.4 is 10.9 Å². The number of hydrogen-bond donors (Lipinski definition) is 1. The molecule has 0 aliphatic carbocycles. The molecule has 0 fully saturated rings. The third kappa shape index (κ3) is 5.43. The molecule has 4 rings (SSSR count). The Morgan fingerprint density at radius 3 is 2.47 bits per heavy atom. The Kier molecular flexibility index (Phi) is 6.68. The van der Waals surface area contributed by atoms with Crippen molar-refractivity contribution in [1.82, 2.24) is 15.1 Å². The Hall–Kier alpha value is -3.42. The van der Waals surface area contributed by atoms with Gasteiger partial charge in [-0.05, 0) is 72.3 Å². The summed E-state index contributed by atoms with van der Waals surface area (Å²) in [6.07, 6.45) is 0. The largest absolute Gasteiger partial charge is 0.348 e. The molecule has 0 saturated heterocycles. The summed E-state index contributed by atoms with van der Waals surface area (Å²) in [5, 5.41) is 8.41. The van der Waals surface area contributed by atoms with Gasteiger partial charge in [-0.15, -0.1) is 0 Å². The van der Waals surface area contributed by atoms with Crippen molar-refractivity contribution >= 4 is 29.3 Å². The zero-order valence-corrected chi connectivity index (χ0v) is 18.2. The first-order chi connectivity index (χ1) is 15.5.